The molecule has 2 rings (SSSR count). The van der Waals surface area contributed by atoms with E-state index in [0.29, 0.717) is 16.1 Å². The van der Waals surface area contributed by atoms with Gasteiger partial charge in [-0.25, -0.2) is 4.98 Å². The van der Waals surface area contributed by atoms with Gasteiger partial charge in [0.25, 0.3) is 0 Å². The fraction of sp³-hybridized carbons (Fsp3) is 0. The zero-order valence-corrected chi connectivity index (χ0v) is 10.1. The molecule has 0 atom stereocenters. The largest absolute Gasteiger partial charge is 0.366 e. The SMILES string of the molecule is N#Cc1ccnc(-n2nc(N)nc2Br)c1Cl. The summed E-state index contributed by atoms with van der Waals surface area (Å²) >= 11 is 9.15. The molecule has 0 aliphatic rings. The van der Waals surface area contributed by atoms with E-state index in [4.69, 9.17) is 22.6 Å². The highest BCUT2D eigenvalue weighted by molar-refractivity contribution is 9.10. The number of hydrogen-bond acceptors (Lipinski definition) is 5. The van der Waals surface area contributed by atoms with Crippen LogP contribution in [0.1, 0.15) is 5.56 Å². The Labute approximate surface area is 104 Å². The van der Waals surface area contributed by atoms with Gasteiger partial charge in [0.15, 0.2) is 5.82 Å². The van der Waals surface area contributed by atoms with Gasteiger partial charge in [-0.3, -0.25) is 0 Å². The average Bonchev–Trinajstić information content (AvgIpc) is 2.58. The molecule has 6 nitrogen and oxygen atoms in total. The third-order valence-corrected chi connectivity index (χ3v) is 2.66. The van der Waals surface area contributed by atoms with E-state index in [1.807, 2.05) is 6.07 Å². The molecule has 0 aliphatic heterocycles. The van der Waals surface area contributed by atoms with E-state index < -0.39 is 0 Å². The lowest BCUT2D eigenvalue weighted by Gasteiger charge is -2.03. The second-order valence-electron chi connectivity index (χ2n) is 2.76. The van der Waals surface area contributed by atoms with Crippen molar-refractivity contribution in [3.63, 3.8) is 0 Å². The summed E-state index contributed by atoms with van der Waals surface area (Å²) in [7, 11) is 0. The van der Waals surface area contributed by atoms with Crippen LogP contribution >= 0.6 is 27.5 Å². The molecule has 0 radical (unpaired) electrons. The summed E-state index contributed by atoms with van der Waals surface area (Å²) in [6.45, 7) is 0. The molecule has 0 amide bonds. The smallest absolute Gasteiger partial charge is 0.240 e. The minimum Gasteiger partial charge on any atom is -0.366 e. The maximum Gasteiger partial charge on any atom is 0.240 e. The van der Waals surface area contributed by atoms with Gasteiger partial charge >= 0.3 is 0 Å². The number of nitrogen functional groups attached to an aromatic ring is 1. The lowest BCUT2D eigenvalue weighted by Crippen LogP contribution is -2.02. The fourth-order valence-corrected chi connectivity index (χ4v) is 1.77. The minimum absolute atomic E-state index is 0.0899. The Morgan fingerprint density at radius 2 is 2.31 bits per heavy atom. The molecule has 0 spiro atoms. The summed E-state index contributed by atoms with van der Waals surface area (Å²) < 4.78 is 1.69. The summed E-state index contributed by atoms with van der Waals surface area (Å²) in [6.07, 6.45) is 1.46. The summed E-state index contributed by atoms with van der Waals surface area (Å²) in [5, 5.41) is 12.9. The lowest BCUT2D eigenvalue weighted by molar-refractivity contribution is 0.827. The lowest BCUT2D eigenvalue weighted by atomic mass is 10.3. The van der Waals surface area contributed by atoms with Gasteiger partial charge in [0.1, 0.15) is 11.1 Å². The molecule has 2 heterocycles. The normalized spacial score (nSPS) is 10.1. The zero-order chi connectivity index (χ0) is 11.7. The van der Waals surface area contributed by atoms with Gasteiger partial charge in [-0.2, -0.15) is 14.9 Å². The highest BCUT2D eigenvalue weighted by Crippen LogP contribution is 2.24. The predicted octanol–water partition coefficient (Wildman–Crippen LogP) is 1.53. The number of nitrogens with zero attached hydrogens (tertiary/aromatic N) is 5. The molecule has 0 saturated heterocycles. The molecule has 2 N–H and O–H groups in total. The molecule has 8 heteroatoms. The summed E-state index contributed by atoms with van der Waals surface area (Å²) in [4.78, 5) is 7.87. The van der Waals surface area contributed by atoms with Gasteiger partial charge in [-0.1, -0.05) is 11.6 Å². The van der Waals surface area contributed by atoms with Gasteiger partial charge < -0.3 is 5.73 Å². The van der Waals surface area contributed by atoms with Crippen LogP contribution in [-0.2, 0) is 0 Å². The van der Waals surface area contributed by atoms with Crippen molar-refractivity contribution in [3.05, 3.63) is 27.6 Å². The molecule has 0 aliphatic carbocycles. The van der Waals surface area contributed by atoms with Gasteiger partial charge in [0.2, 0.25) is 10.7 Å². The van der Waals surface area contributed by atoms with Crippen LogP contribution in [0.3, 0.4) is 0 Å². The first kappa shape index (κ1) is 10.9. The van der Waals surface area contributed by atoms with Crippen molar-refractivity contribution < 1.29 is 0 Å². The first-order chi connectivity index (χ1) is 7.63. The number of nitrogens with two attached hydrogens (primary N) is 1. The highest BCUT2D eigenvalue weighted by Gasteiger charge is 2.14. The molecule has 0 saturated carbocycles. The van der Waals surface area contributed by atoms with Crippen LogP contribution in [0.5, 0.6) is 0 Å². The summed E-state index contributed by atoms with van der Waals surface area (Å²) in [5.41, 5.74) is 5.74. The maximum absolute atomic E-state index is 8.82. The van der Waals surface area contributed by atoms with Crippen molar-refractivity contribution >= 4 is 33.5 Å². The van der Waals surface area contributed by atoms with Gasteiger partial charge in [-0.05, 0) is 22.0 Å². The highest BCUT2D eigenvalue weighted by atomic mass is 79.9. The quantitative estimate of drug-likeness (QED) is 0.862. The van der Waals surface area contributed by atoms with Crippen molar-refractivity contribution in [1.82, 2.24) is 19.7 Å². The molecule has 0 aromatic carbocycles. The first-order valence-corrected chi connectivity index (χ1v) is 5.23. The number of nitriles is 1. The monoisotopic (exact) mass is 298 g/mol. The van der Waals surface area contributed by atoms with Crippen molar-refractivity contribution in [2.45, 2.75) is 0 Å². The number of rotatable bonds is 1. The van der Waals surface area contributed by atoms with E-state index in [1.54, 1.807) is 0 Å². The van der Waals surface area contributed by atoms with E-state index >= 15 is 0 Å². The minimum atomic E-state index is 0.0899. The maximum atomic E-state index is 8.82. The van der Waals surface area contributed by atoms with Crippen molar-refractivity contribution in [1.29, 1.82) is 5.26 Å². The van der Waals surface area contributed by atoms with Crippen LogP contribution < -0.4 is 5.73 Å². The number of aromatic nitrogens is 4. The topological polar surface area (TPSA) is 93.4 Å². The second-order valence-corrected chi connectivity index (χ2v) is 3.85. The Bertz CT molecular complexity index is 587. The van der Waals surface area contributed by atoms with Crippen LogP contribution in [0.15, 0.2) is 17.0 Å². The Morgan fingerprint density at radius 3 is 2.88 bits per heavy atom. The molecular weight excluding hydrogens is 295 g/mol. The van der Waals surface area contributed by atoms with Crippen LogP contribution in [0.25, 0.3) is 5.82 Å². The van der Waals surface area contributed by atoms with Crippen LogP contribution in [-0.4, -0.2) is 19.7 Å². The van der Waals surface area contributed by atoms with Crippen LogP contribution in [0, 0.1) is 11.3 Å². The molecule has 80 valence electrons. The number of hydrogen-bond donors (Lipinski definition) is 1. The zero-order valence-electron chi connectivity index (χ0n) is 7.72. The third-order valence-electron chi connectivity index (χ3n) is 1.78. The number of pyridine rings is 1. The van der Waals surface area contributed by atoms with Gasteiger partial charge in [0.05, 0.1) is 5.56 Å². The fourth-order valence-electron chi connectivity index (χ4n) is 1.11. The van der Waals surface area contributed by atoms with Crippen LogP contribution in [0.2, 0.25) is 5.02 Å². The number of halogens is 2. The van der Waals surface area contributed by atoms with Crippen LogP contribution in [0.4, 0.5) is 5.95 Å². The Hall–Kier alpha value is -1.65. The van der Waals surface area contributed by atoms with Crippen molar-refractivity contribution in [2.75, 3.05) is 5.73 Å². The van der Waals surface area contributed by atoms with E-state index in [0.717, 1.165) is 0 Å². The average molecular weight is 300 g/mol. The predicted molar refractivity (Wildman–Crippen MR) is 61.0 cm³/mol. The molecular formula is C8H4BrClN6. The standard InChI is InChI=1S/C8H4BrClN6/c9-7-14-8(12)15-16(7)6-5(10)4(3-11)1-2-13-6/h1-2H,(H2,12,15). The van der Waals surface area contributed by atoms with E-state index in [9.17, 15) is 0 Å². The third kappa shape index (κ3) is 1.73. The van der Waals surface area contributed by atoms with E-state index in [2.05, 4.69) is 31.0 Å². The first-order valence-electron chi connectivity index (χ1n) is 4.06. The Kier molecular flexibility index (Phi) is 2.77. The second kappa shape index (κ2) is 4.08. The molecule has 2 aromatic heterocycles. The molecule has 2 aromatic rings. The Balaban J connectivity index is 2.66. The summed E-state index contributed by atoms with van der Waals surface area (Å²) in [6, 6.07) is 3.47. The molecule has 16 heavy (non-hydrogen) atoms. The van der Waals surface area contributed by atoms with E-state index in [1.165, 1.54) is 16.9 Å². The van der Waals surface area contributed by atoms with Crippen molar-refractivity contribution in [2.24, 2.45) is 0 Å². The molecule has 0 unspecified atom stereocenters. The number of anilines is 1. The molecule has 0 fully saturated rings. The molecule has 0 bridgehead atoms. The van der Waals surface area contributed by atoms with Gasteiger partial charge in [-0.15, -0.1) is 5.10 Å². The summed E-state index contributed by atoms with van der Waals surface area (Å²) in [5.74, 6) is 0.392. The van der Waals surface area contributed by atoms with Crippen molar-refractivity contribution in [3.8, 4) is 11.9 Å². The van der Waals surface area contributed by atoms with Gasteiger partial charge in [0, 0.05) is 6.20 Å². The van der Waals surface area contributed by atoms with E-state index in [-0.39, 0.29) is 11.0 Å². The Morgan fingerprint density at radius 1 is 1.56 bits per heavy atom.